The highest BCUT2D eigenvalue weighted by Gasteiger charge is 2.44. The van der Waals surface area contributed by atoms with Gasteiger partial charge in [-0.3, -0.25) is 0 Å². The second-order valence-corrected chi connectivity index (χ2v) is 49.2. The lowest BCUT2D eigenvalue weighted by Crippen LogP contribution is -2.23. The first kappa shape index (κ1) is 142. The fourth-order valence-corrected chi connectivity index (χ4v) is 18.0. The molecule has 0 fully saturated rings. The van der Waals surface area contributed by atoms with Crippen molar-refractivity contribution in [1.29, 1.82) is 0 Å². The number of alkyl halides is 21. The van der Waals surface area contributed by atoms with Crippen LogP contribution in [0.15, 0.2) is 130 Å². The van der Waals surface area contributed by atoms with Crippen LogP contribution < -0.4 is 11.5 Å². The number of anilines is 2. The lowest BCUT2D eigenvalue weighted by Gasteiger charge is -2.21. The predicted molar refractivity (Wildman–Crippen MR) is 555 cm³/mol. The first-order valence-corrected chi connectivity index (χ1v) is 57.5. The maximum absolute atomic E-state index is 13.3. The molecule has 0 aromatic heterocycles. The molecule has 0 aliphatic carbocycles. The van der Waals surface area contributed by atoms with Gasteiger partial charge in [0.15, 0.2) is 70.2 Å². The third-order valence-electron chi connectivity index (χ3n) is 14.4. The third kappa shape index (κ3) is 50.5. The van der Waals surface area contributed by atoms with Crippen molar-refractivity contribution < 1.29 is 222 Å². The van der Waals surface area contributed by atoms with Crippen molar-refractivity contribution in [2.45, 2.75) is 38.6 Å². The van der Waals surface area contributed by atoms with Crippen LogP contribution in [0, 0.1) is 34.4 Å². The Labute approximate surface area is 958 Å². The minimum Gasteiger partial charge on any atom is -0.538 e. The third-order valence-corrected chi connectivity index (χ3v) is 29.7. The van der Waals surface area contributed by atoms with Crippen LogP contribution in [0.2, 0.25) is 10.0 Å². The number of rotatable bonds is 35. The largest absolute Gasteiger partial charge is 0.538 e. The molecule has 0 saturated heterocycles. The number of ether oxygens (including phenoxy) is 7. The Morgan fingerprint density at radius 3 is 0.885 bits per heavy atom. The number of nitrogen functional groups attached to an aromatic ring is 2. The van der Waals surface area contributed by atoms with Crippen LogP contribution in [-0.4, -0.2) is 231 Å². The van der Waals surface area contributed by atoms with E-state index < -0.39 is 254 Å². The lowest BCUT2D eigenvalue weighted by atomic mass is 10.2. The van der Waals surface area contributed by atoms with Crippen LogP contribution in [0.1, 0.15) is 72.5 Å². The zero-order valence-corrected chi connectivity index (χ0v) is 98.5. The Bertz CT molecular complexity index is 6420. The van der Waals surface area contributed by atoms with Crippen LogP contribution in [-0.2, 0) is 103 Å². The Kier molecular flexibility index (Phi) is 59.4. The molecule has 7 rings (SSSR count). The Morgan fingerprint density at radius 1 is 0.277 bits per heavy atom. The zero-order valence-electron chi connectivity index (χ0n) is 70.9. The molecule has 0 aliphatic heterocycles. The summed E-state index contributed by atoms with van der Waals surface area (Å²) in [7, 11) is -39.0. The van der Waals surface area contributed by atoms with Gasteiger partial charge in [0.1, 0.15) is 5.82 Å². The summed E-state index contributed by atoms with van der Waals surface area (Å²) in [6.45, 7) is -10.1. The van der Waals surface area contributed by atoms with E-state index in [0.29, 0.717) is 32.5 Å². The van der Waals surface area contributed by atoms with Crippen molar-refractivity contribution in [3.05, 3.63) is 247 Å². The summed E-state index contributed by atoms with van der Waals surface area (Å²) in [5, 5.41) is 0.229. The minimum atomic E-state index is -5.62. The van der Waals surface area contributed by atoms with E-state index in [2.05, 4.69) is 98.1 Å². The number of nitrogens with two attached hydrogens (primary N) is 2. The van der Waals surface area contributed by atoms with Crippen LogP contribution in [0.5, 0.6) is 0 Å². The van der Waals surface area contributed by atoms with Gasteiger partial charge in [0, 0.05) is 43.2 Å². The smallest absolute Gasteiger partial charge is 0.480 e. The average Bonchev–Trinajstić information content (AvgIpc) is 0.823. The maximum Gasteiger partial charge on any atom is 0.480 e. The highest BCUT2D eigenvalue weighted by atomic mass is 127. The second-order valence-electron chi connectivity index (χ2n) is 25.1. The van der Waals surface area contributed by atoms with E-state index in [1.807, 2.05) is 181 Å². The molecular weight excluding hydrogens is 3300 g/mol. The van der Waals surface area contributed by atoms with E-state index in [1.165, 1.54) is 78.9 Å². The maximum atomic E-state index is 13.3. The predicted octanol–water partition coefficient (Wildman–Crippen LogP) is 21.4. The number of benzene rings is 7. The van der Waals surface area contributed by atoms with Gasteiger partial charge in [0.25, 0.3) is 0 Å². The monoisotopic (exact) mass is 3350 g/mol. The number of sulfonamides is 7. The molecular formula is C70H52Br2Cl2F22I8N9O28S7-7. The summed E-state index contributed by atoms with van der Waals surface area (Å²) in [5.74, 6) is -6.99. The van der Waals surface area contributed by atoms with Crippen molar-refractivity contribution in [2.75, 3.05) is 104 Å². The Morgan fingerprint density at radius 2 is 0.547 bits per heavy atom. The summed E-state index contributed by atoms with van der Waals surface area (Å²) in [6, 6.07) is 29.6. The SMILES string of the molecule is Nc1c(I)cc(I)cc1C(=O)OCC[N-]S(=O)(=O)C(F)(F)F.Nc1ccc(C(=O)OCC[N-]S(=O)(=O)C(F)(F)F)cc1I.O=C(OCC[N-]S(=O)(=O)C(F)(F)F)c1cc(Br)cc(I)c1.O=C(OCC[N-]S(=O)(=O)C(F)(F)F)c1cc(I)ccc1Br.O=C(OCC[N-]S(=O)(=O)C(F)(F)F)c1cc(I)ccc1Cl.O=C(OCC[N-]S(=O)(=O)C(F)(F)F)c1cc(I)ccc1F.O=C(OCC[N-]S(=O)(=O)C(F)(F)F)c1ccc(I)cc1Cl. The molecule has 0 amide bonds. The molecule has 7 aromatic rings. The number of nitrogens with zero attached hydrogens (tertiary/aromatic N) is 7. The van der Waals surface area contributed by atoms with E-state index in [-0.39, 0.29) is 49.1 Å². The zero-order chi connectivity index (χ0) is 115. The number of carbonyl (C=O) groups excluding carboxylic acids is 7. The quantitative estimate of drug-likeness (QED) is 0.00930. The molecule has 7 aromatic carbocycles. The summed E-state index contributed by atoms with van der Waals surface area (Å²) in [4.78, 5) is 81.3. The van der Waals surface area contributed by atoms with Crippen molar-refractivity contribution in [3.8, 4) is 0 Å². The van der Waals surface area contributed by atoms with Gasteiger partial charge in [-0.2, -0.15) is 92.2 Å². The van der Waals surface area contributed by atoms with Crippen LogP contribution in [0.25, 0.3) is 33.1 Å². The van der Waals surface area contributed by atoms with Crippen LogP contribution in [0.3, 0.4) is 0 Å². The molecule has 148 heavy (non-hydrogen) atoms. The van der Waals surface area contributed by atoms with Crippen molar-refractivity contribution in [1.82, 2.24) is 0 Å². The van der Waals surface area contributed by atoms with Gasteiger partial charge < -0.3 is 77.7 Å². The highest BCUT2D eigenvalue weighted by molar-refractivity contribution is 14.1. The fraction of sp³-hybridized carbons (Fsp3) is 0.300. The summed E-state index contributed by atoms with van der Waals surface area (Å²) < 4.78 is 470. The fourth-order valence-electron chi connectivity index (χ4n) is 7.83. The minimum absolute atomic E-state index is 0.0239. The molecule has 0 atom stereocenters. The van der Waals surface area contributed by atoms with Crippen molar-refractivity contribution >= 4 is 359 Å². The normalized spacial score (nSPS) is 12.2. The molecule has 0 spiro atoms. The van der Waals surface area contributed by atoms with Gasteiger partial charge in [-0.15, -0.1) is 45.8 Å². The number of hydrogen-bond acceptors (Lipinski definition) is 30. The van der Waals surface area contributed by atoms with Crippen LogP contribution >= 0.6 is 236 Å². The van der Waals surface area contributed by atoms with Gasteiger partial charge in [0.05, 0.1) is 101 Å². The molecule has 0 aliphatic rings. The van der Waals surface area contributed by atoms with E-state index >= 15 is 0 Å². The first-order valence-electron chi connectivity index (χ1n) is 36.5. The van der Waals surface area contributed by atoms with E-state index in [4.69, 9.17) is 34.7 Å². The van der Waals surface area contributed by atoms with E-state index in [0.717, 1.165) is 16.8 Å². The van der Waals surface area contributed by atoms with Gasteiger partial charge >= 0.3 is 80.3 Å². The standard InChI is InChI=1S/2C10H7BrF3INO4S.2C10H7ClF3INO4S.C10H7F4INO4S.C10H8F3I2N2O4S.C10H9F3IN2O4S/c11-7-3-6(4-8(15)5-7)9(17)20-2-1-16-21(18,19)10(12,13)14;2*11-8-2-1-6(15)5-7(8)9(17)20-4-3-16-21(18,19)10(12,13)14;11-8-5-6(15)1-2-7(8)9(17)20-4-3-16-21(18,19)10(12,13)14;11-8-2-1-6(15)5-7(8)9(17)20-4-3-16-21(18,19)10(12,13)14;11-10(12,13)22(19,20)17-1-2-21-9(18)6-3-5(14)4-7(15)8(6)16;11-10(12,13)21(18,19)16-3-4-20-9(17)6-1-2-8(15)7(14)5-6/h3-5H,1-2H2;4*1-2,5H,3-4H2;3-4H,1-2H2,(H2,16,18);1-2,5H,3-4H2,(H2,15,17)/q7*-1. The van der Waals surface area contributed by atoms with Gasteiger partial charge in [-0.25, -0.2) is 96.9 Å². The number of carbonyl (C=O) groups is 7. The van der Waals surface area contributed by atoms with Gasteiger partial charge in [-0.05, 0) is 318 Å². The van der Waals surface area contributed by atoms with E-state index in [9.17, 15) is 189 Å². The topological polar surface area (TPSA) is 574 Å². The van der Waals surface area contributed by atoms with Gasteiger partial charge in [-0.1, -0.05) is 39.1 Å². The molecule has 832 valence electrons. The Balaban J connectivity index is 0.000000863. The molecule has 0 unspecified atom stereocenters. The molecule has 37 nitrogen and oxygen atoms in total. The molecule has 0 saturated carbocycles. The number of hydrogen-bond donors (Lipinski definition) is 2. The molecule has 4 N–H and O–H groups in total. The van der Waals surface area contributed by atoms with Gasteiger partial charge in [0.2, 0.25) is 0 Å². The number of halogens is 34. The highest BCUT2D eigenvalue weighted by Crippen LogP contribution is 2.36. The molecule has 78 heteroatoms. The molecule has 0 heterocycles. The molecule has 0 radical (unpaired) electrons. The summed E-state index contributed by atoms with van der Waals surface area (Å²) in [6.07, 6.45) is 0. The molecule has 0 bridgehead atoms. The van der Waals surface area contributed by atoms with Crippen LogP contribution in [0.4, 0.5) is 108 Å². The number of esters is 7. The van der Waals surface area contributed by atoms with E-state index in [1.54, 1.807) is 36.4 Å². The summed E-state index contributed by atoms with van der Waals surface area (Å²) >= 11 is 33.3. The Hall–Kier alpha value is -4.36. The average molecular weight is 3360 g/mol. The summed E-state index contributed by atoms with van der Waals surface area (Å²) in [5.41, 5.74) is -26.1. The second kappa shape index (κ2) is 62.1. The van der Waals surface area contributed by atoms with Crippen molar-refractivity contribution in [2.24, 2.45) is 0 Å². The van der Waals surface area contributed by atoms with Crippen molar-refractivity contribution in [3.63, 3.8) is 0 Å². The lowest BCUT2D eigenvalue weighted by molar-refractivity contribution is -0.0433. The first-order chi connectivity index (χ1) is 67.2.